The largest absolute Gasteiger partial charge is 0.355 e. The summed E-state index contributed by atoms with van der Waals surface area (Å²) < 4.78 is 0. The van der Waals surface area contributed by atoms with Crippen molar-refractivity contribution >= 4 is 39.5 Å². The van der Waals surface area contributed by atoms with Crippen LogP contribution in [0, 0.1) is 6.92 Å². The average molecular weight is 596 g/mol. The summed E-state index contributed by atoms with van der Waals surface area (Å²) in [5.74, 6) is 1.82. The highest BCUT2D eigenvalue weighted by molar-refractivity contribution is 8.76. The lowest BCUT2D eigenvalue weighted by atomic mass is 10.2. The molecule has 2 N–H and O–H groups in total. The summed E-state index contributed by atoms with van der Waals surface area (Å²) in [5, 5.41) is 5.91. The van der Waals surface area contributed by atoms with E-state index in [0.29, 0.717) is 25.9 Å². The highest BCUT2D eigenvalue weighted by atomic mass is 33.1. The van der Waals surface area contributed by atoms with Crippen molar-refractivity contribution in [2.24, 2.45) is 0 Å². The molecular formula is C34H49N3O2S2. The predicted molar refractivity (Wildman–Crippen MR) is 182 cm³/mol. The number of allylic oxidation sites excluding steroid dienone is 10. The molecule has 0 spiro atoms. The minimum absolute atomic E-state index is 0.0174. The highest BCUT2D eigenvalue weighted by Gasteiger charge is 2.01. The van der Waals surface area contributed by atoms with Gasteiger partial charge in [0.2, 0.25) is 11.8 Å². The van der Waals surface area contributed by atoms with Gasteiger partial charge in [0, 0.05) is 49.3 Å². The van der Waals surface area contributed by atoms with Gasteiger partial charge in [0.05, 0.1) is 0 Å². The maximum absolute atomic E-state index is 12.0. The molecule has 0 saturated carbocycles. The summed E-state index contributed by atoms with van der Waals surface area (Å²) in [6.45, 7) is 5.41. The molecule has 2 amide bonds. The van der Waals surface area contributed by atoms with Crippen LogP contribution in [0.1, 0.15) is 76.0 Å². The van der Waals surface area contributed by atoms with Crippen LogP contribution in [0.15, 0.2) is 85.2 Å². The van der Waals surface area contributed by atoms with E-state index in [1.165, 1.54) is 0 Å². The number of rotatable bonds is 23. The number of hydrogen-bond acceptors (Lipinski definition) is 5. The smallest absolute Gasteiger partial charge is 0.223 e. The Hall–Kier alpha value is -2.77. The Morgan fingerprint density at radius 2 is 1.32 bits per heavy atom. The first-order chi connectivity index (χ1) is 20.1. The summed E-state index contributed by atoms with van der Waals surface area (Å²) >= 11 is 0. The first kappa shape index (κ1) is 36.3. The second kappa shape index (κ2) is 27.4. The molecule has 5 nitrogen and oxygen atoms in total. The van der Waals surface area contributed by atoms with Crippen LogP contribution in [0.2, 0.25) is 0 Å². The number of nitrogens with one attached hydrogen (secondary N) is 2. The molecule has 0 saturated heterocycles. The first-order valence-electron chi connectivity index (χ1n) is 14.7. The van der Waals surface area contributed by atoms with Gasteiger partial charge in [-0.2, -0.15) is 0 Å². The zero-order valence-corrected chi connectivity index (χ0v) is 26.6. The Morgan fingerprint density at radius 3 is 1.88 bits per heavy atom. The van der Waals surface area contributed by atoms with Crippen LogP contribution in [0.25, 0.3) is 6.08 Å². The van der Waals surface area contributed by atoms with Crippen LogP contribution in [-0.2, 0) is 9.59 Å². The average Bonchev–Trinajstić information content (AvgIpc) is 2.97. The van der Waals surface area contributed by atoms with Crippen LogP contribution < -0.4 is 10.6 Å². The van der Waals surface area contributed by atoms with Crippen LogP contribution in [-0.4, -0.2) is 41.4 Å². The summed E-state index contributed by atoms with van der Waals surface area (Å²) in [6, 6.07) is 3.94. The first-order valence-corrected chi connectivity index (χ1v) is 17.2. The van der Waals surface area contributed by atoms with E-state index in [9.17, 15) is 9.59 Å². The number of pyridine rings is 1. The second-order valence-electron chi connectivity index (χ2n) is 9.28. The molecule has 0 unspecified atom stereocenters. The number of hydrogen-bond donors (Lipinski definition) is 2. The molecule has 0 aliphatic rings. The lowest BCUT2D eigenvalue weighted by Crippen LogP contribution is -2.25. The lowest BCUT2D eigenvalue weighted by Gasteiger charge is -2.05. The second-order valence-corrected chi connectivity index (χ2v) is 12.0. The van der Waals surface area contributed by atoms with Crippen molar-refractivity contribution in [3.63, 3.8) is 0 Å². The molecule has 0 aromatic carbocycles. The van der Waals surface area contributed by atoms with E-state index < -0.39 is 0 Å². The number of carbonyl (C=O) groups is 2. The van der Waals surface area contributed by atoms with E-state index in [0.717, 1.165) is 67.7 Å². The van der Waals surface area contributed by atoms with Gasteiger partial charge in [0.25, 0.3) is 0 Å². The third-order valence-electron chi connectivity index (χ3n) is 5.58. The minimum Gasteiger partial charge on any atom is -0.355 e. The molecule has 0 atom stereocenters. The predicted octanol–water partition coefficient (Wildman–Crippen LogP) is 8.33. The summed E-state index contributed by atoms with van der Waals surface area (Å²) in [6.07, 6.45) is 35.2. The van der Waals surface area contributed by atoms with E-state index >= 15 is 0 Å². The van der Waals surface area contributed by atoms with Crippen molar-refractivity contribution in [1.29, 1.82) is 0 Å². The van der Waals surface area contributed by atoms with Crippen LogP contribution in [0.3, 0.4) is 0 Å². The van der Waals surface area contributed by atoms with E-state index in [1.54, 1.807) is 27.8 Å². The van der Waals surface area contributed by atoms with Crippen LogP contribution in [0.4, 0.5) is 0 Å². The Balaban J connectivity index is 1.89. The fourth-order valence-electron chi connectivity index (χ4n) is 3.37. The summed E-state index contributed by atoms with van der Waals surface area (Å²) in [7, 11) is 3.43. The Morgan fingerprint density at radius 1 is 0.756 bits per heavy atom. The van der Waals surface area contributed by atoms with Crippen molar-refractivity contribution in [3.8, 4) is 0 Å². The quantitative estimate of drug-likeness (QED) is 0.0756. The Kier molecular flexibility index (Phi) is 24.2. The molecule has 0 fully saturated rings. The summed E-state index contributed by atoms with van der Waals surface area (Å²) in [5.41, 5.74) is 1.97. The Labute approximate surface area is 256 Å². The number of nitrogens with zero attached hydrogens (tertiary/aromatic N) is 1. The third kappa shape index (κ3) is 24.7. The number of unbranched alkanes of at least 4 members (excludes halogenated alkanes) is 1. The normalized spacial score (nSPS) is 12.2. The topological polar surface area (TPSA) is 71.1 Å². The van der Waals surface area contributed by atoms with Crippen LogP contribution in [0.5, 0.6) is 0 Å². The zero-order valence-electron chi connectivity index (χ0n) is 24.9. The summed E-state index contributed by atoms with van der Waals surface area (Å²) in [4.78, 5) is 28.1. The van der Waals surface area contributed by atoms with E-state index in [2.05, 4.69) is 83.3 Å². The minimum atomic E-state index is 0.0174. The van der Waals surface area contributed by atoms with Crippen molar-refractivity contribution in [2.75, 3.05) is 24.6 Å². The van der Waals surface area contributed by atoms with E-state index in [-0.39, 0.29) is 11.8 Å². The van der Waals surface area contributed by atoms with Gasteiger partial charge in [-0.25, -0.2) is 0 Å². The molecule has 1 aromatic rings. The Bertz CT molecular complexity index is 996. The third-order valence-corrected chi connectivity index (χ3v) is 7.99. The molecule has 1 rings (SSSR count). The van der Waals surface area contributed by atoms with Crippen molar-refractivity contribution in [3.05, 3.63) is 96.4 Å². The van der Waals surface area contributed by atoms with Gasteiger partial charge in [-0.05, 0) is 63.5 Å². The molecule has 1 heterocycles. The van der Waals surface area contributed by atoms with Gasteiger partial charge in [0.15, 0.2) is 0 Å². The van der Waals surface area contributed by atoms with Crippen LogP contribution >= 0.6 is 21.6 Å². The number of aryl methyl sites for hydroxylation is 1. The SMILES string of the molecule is CC/C=C\C/C=C\C/C=C\C/C=C\C/C=C\CCCC(=O)NCCSSCCNC(=O)C/C=C/c1ccc(C)nc1. The standard InChI is InChI=1S/C34H49N3O2S2/c1-3-4-5-6-7-8-9-10-11-12-13-14-15-16-17-18-19-22-33(38)35-26-28-40-41-29-27-36-34(39)23-20-21-32-25-24-31(2)37-30-32/h4-5,7-8,10-11,13-14,16-17,20-21,24-25,30H,3,6,9,12,15,18-19,22-23,26-29H2,1-2H3,(H,35,38)(H,36,39)/b5-4-,8-7-,11-10-,14-13-,17-16-,21-20+. The molecule has 41 heavy (non-hydrogen) atoms. The molecule has 0 bridgehead atoms. The van der Waals surface area contributed by atoms with E-state index in [4.69, 9.17) is 0 Å². The van der Waals surface area contributed by atoms with Gasteiger partial charge in [0.1, 0.15) is 0 Å². The highest BCUT2D eigenvalue weighted by Crippen LogP contribution is 2.19. The number of carbonyl (C=O) groups excluding carboxylic acids is 2. The van der Waals surface area contributed by atoms with Gasteiger partial charge in [-0.3, -0.25) is 14.6 Å². The molecule has 0 aliphatic carbocycles. The van der Waals surface area contributed by atoms with Gasteiger partial charge in [-0.1, -0.05) is 107 Å². The fraction of sp³-hybridized carbons (Fsp3) is 0.441. The maximum atomic E-state index is 12.0. The van der Waals surface area contributed by atoms with Crippen molar-refractivity contribution < 1.29 is 9.59 Å². The van der Waals surface area contributed by atoms with Gasteiger partial charge in [-0.15, -0.1) is 0 Å². The van der Waals surface area contributed by atoms with E-state index in [1.807, 2.05) is 31.2 Å². The molecule has 0 radical (unpaired) electrons. The lowest BCUT2D eigenvalue weighted by molar-refractivity contribution is -0.121. The zero-order chi connectivity index (χ0) is 29.6. The van der Waals surface area contributed by atoms with Crippen molar-refractivity contribution in [1.82, 2.24) is 15.6 Å². The molecule has 7 heteroatoms. The monoisotopic (exact) mass is 595 g/mol. The van der Waals surface area contributed by atoms with Crippen molar-refractivity contribution in [2.45, 2.75) is 71.6 Å². The molecule has 0 aliphatic heterocycles. The maximum Gasteiger partial charge on any atom is 0.223 e. The molecule has 1 aromatic heterocycles. The van der Waals surface area contributed by atoms with Gasteiger partial charge < -0.3 is 10.6 Å². The number of aromatic nitrogens is 1. The number of amides is 2. The molecule has 224 valence electrons. The molecular weight excluding hydrogens is 547 g/mol. The van der Waals surface area contributed by atoms with Gasteiger partial charge >= 0.3 is 0 Å². The fourth-order valence-corrected chi connectivity index (χ4v) is 5.19.